The van der Waals surface area contributed by atoms with Crippen molar-refractivity contribution in [1.82, 2.24) is 9.78 Å². The number of benzene rings is 1. The summed E-state index contributed by atoms with van der Waals surface area (Å²) in [6.45, 7) is 3.81. The Balaban J connectivity index is 1.76. The fourth-order valence-corrected chi connectivity index (χ4v) is 2.49. The second-order valence-electron chi connectivity index (χ2n) is 5.08. The molecule has 3 rings (SSSR count). The van der Waals surface area contributed by atoms with Crippen molar-refractivity contribution in [2.45, 2.75) is 26.4 Å². The summed E-state index contributed by atoms with van der Waals surface area (Å²) in [5, 5.41) is 7.22. The Labute approximate surface area is 117 Å². The molecule has 1 aliphatic rings. The summed E-state index contributed by atoms with van der Waals surface area (Å²) in [6.07, 6.45) is 0.145. The number of fused-ring (bicyclic) bond motifs is 1. The number of para-hydroxylation sites is 1. The van der Waals surface area contributed by atoms with Crippen molar-refractivity contribution in [2.75, 3.05) is 5.32 Å². The van der Waals surface area contributed by atoms with Crippen LogP contribution >= 0.6 is 0 Å². The lowest BCUT2D eigenvalue weighted by atomic mass is 10.1. The maximum absolute atomic E-state index is 12.3. The van der Waals surface area contributed by atoms with Crippen LogP contribution in [0.5, 0.6) is 5.75 Å². The second kappa shape index (κ2) is 4.67. The highest BCUT2D eigenvalue weighted by atomic mass is 16.5. The highest BCUT2D eigenvalue weighted by molar-refractivity contribution is 5.96. The zero-order valence-corrected chi connectivity index (χ0v) is 11.8. The Morgan fingerprint density at radius 3 is 2.80 bits per heavy atom. The van der Waals surface area contributed by atoms with Crippen molar-refractivity contribution in [3.63, 3.8) is 0 Å². The summed E-state index contributed by atoms with van der Waals surface area (Å²) in [7, 11) is 1.86. The smallest absolute Gasteiger partial charge is 0.265 e. The molecule has 0 saturated carbocycles. The Bertz CT molecular complexity index is 651. The lowest BCUT2D eigenvalue weighted by Gasteiger charge is -2.11. The molecule has 20 heavy (non-hydrogen) atoms. The van der Waals surface area contributed by atoms with Crippen LogP contribution in [-0.2, 0) is 18.3 Å². The summed E-state index contributed by atoms with van der Waals surface area (Å²) in [5.74, 6) is 0.674. The Kier molecular flexibility index (Phi) is 2.97. The number of amides is 1. The van der Waals surface area contributed by atoms with Gasteiger partial charge in [-0.05, 0) is 25.5 Å². The molecule has 5 heteroatoms. The van der Waals surface area contributed by atoms with Crippen LogP contribution in [0.2, 0.25) is 0 Å². The predicted octanol–water partition coefficient (Wildman–Crippen LogP) is 1.98. The SMILES string of the molecule is Cc1nn(C)c(C)c1NC(=O)C1Cc2ccccc2O1. The molecule has 1 N–H and O–H groups in total. The van der Waals surface area contributed by atoms with E-state index in [0.717, 1.165) is 28.4 Å². The minimum atomic E-state index is -0.466. The first-order valence-corrected chi connectivity index (χ1v) is 6.62. The molecule has 2 heterocycles. The molecule has 0 fully saturated rings. The first kappa shape index (κ1) is 12.7. The van der Waals surface area contributed by atoms with Crippen LogP contribution in [0.15, 0.2) is 24.3 Å². The Morgan fingerprint density at radius 1 is 1.40 bits per heavy atom. The van der Waals surface area contributed by atoms with Gasteiger partial charge in [-0.1, -0.05) is 18.2 Å². The molecule has 1 unspecified atom stereocenters. The molecule has 5 nitrogen and oxygen atoms in total. The number of aryl methyl sites for hydroxylation is 2. The third-order valence-electron chi connectivity index (χ3n) is 3.70. The maximum Gasteiger partial charge on any atom is 0.265 e. The van der Waals surface area contributed by atoms with Gasteiger partial charge in [0.1, 0.15) is 5.75 Å². The van der Waals surface area contributed by atoms with E-state index in [1.54, 1.807) is 4.68 Å². The number of rotatable bonds is 2. The molecule has 0 spiro atoms. The van der Waals surface area contributed by atoms with Gasteiger partial charge in [-0.3, -0.25) is 9.48 Å². The number of carbonyl (C=O) groups is 1. The topological polar surface area (TPSA) is 56.2 Å². The van der Waals surface area contributed by atoms with Gasteiger partial charge in [-0.25, -0.2) is 0 Å². The van der Waals surface area contributed by atoms with Gasteiger partial charge < -0.3 is 10.1 Å². The standard InChI is InChI=1S/C15H17N3O2/c1-9-14(10(2)18(3)17-9)16-15(19)13-8-11-6-4-5-7-12(11)20-13/h4-7,13H,8H2,1-3H3,(H,16,19). The van der Waals surface area contributed by atoms with Crippen LogP contribution < -0.4 is 10.1 Å². The number of nitrogens with zero attached hydrogens (tertiary/aromatic N) is 2. The molecule has 1 amide bonds. The predicted molar refractivity (Wildman–Crippen MR) is 75.9 cm³/mol. The van der Waals surface area contributed by atoms with Crippen molar-refractivity contribution < 1.29 is 9.53 Å². The molecule has 1 aromatic carbocycles. The number of anilines is 1. The monoisotopic (exact) mass is 271 g/mol. The van der Waals surface area contributed by atoms with Crippen LogP contribution in [-0.4, -0.2) is 21.8 Å². The quantitative estimate of drug-likeness (QED) is 0.908. The van der Waals surface area contributed by atoms with Crippen LogP contribution in [0.4, 0.5) is 5.69 Å². The lowest BCUT2D eigenvalue weighted by Crippen LogP contribution is -2.31. The molecule has 0 aliphatic carbocycles. The van der Waals surface area contributed by atoms with E-state index in [2.05, 4.69) is 10.4 Å². The number of aromatic nitrogens is 2. The van der Waals surface area contributed by atoms with Gasteiger partial charge in [-0.15, -0.1) is 0 Å². The summed E-state index contributed by atoms with van der Waals surface area (Å²) in [4.78, 5) is 12.3. The van der Waals surface area contributed by atoms with Gasteiger partial charge >= 0.3 is 0 Å². The first-order chi connectivity index (χ1) is 9.56. The normalized spacial score (nSPS) is 16.6. The van der Waals surface area contributed by atoms with E-state index >= 15 is 0 Å². The molecule has 104 valence electrons. The van der Waals surface area contributed by atoms with Gasteiger partial charge in [0.2, 0.25) is 0 Å². The lowest BCUT2D eigenvalue weighted by molar-refractivity contribution is -0.122. The highest BCUT2D eigenvalue weighted by Gasteiger charge is 2.29. The number of carbonyl (C=O) groups excluding carboxylic acids is 1. The van der Waals surface area contributed by atoms with E-state index in [-0.39, 0.29) is 5.91 Å². The Morgan fingerprint density at radius 2 is 2.15 bits per heavy atom. The molecule has 2 aromatic rings. The van der Waals surface area contributed by atoms with Crippen molar-refractivity contribution in [2.24, 2.45) is 7.05 Å². The van der Waals surface area contributed by atoms with Crippen molar-refractivity contribution in [3.05, 3.63) is 41.2 Å². The van der Waals surface area contributed by atoms with Gasteiger partial charge in [-0.2, -0.15) is 5.10 Å². The molecule has 1 aromatic heterocycles. The third-order valence-corrected chi connectivity index (χ3v) is 3.70. The largest absolute Gasteiger partial charge is 0.480 e. The number of hydrogen-bond acceptors (Lipinski definition) is 3. The summed E-state index contributed by atoms with van der Waals surface area (Å²) < 4.78 is 7.45. The molecule has 1 atom stereocenters. The molecule has 0 bridgehead atoms. The first-order valence-electron chi connectivity index (χ1n) is 6.62. The zero-order chi connectivity index (χ0) is 14.3. The average molecular weight is 271 g/mol. The number of hydrogen-bond donors (Lipinski definition) is 1. The summed E-state index contributed by atoms with van der Waals surface area (Å²) in [5.41, 5.74) is 3.60. The van der Waals surface area contributed by atoms with E-state index in [9.17, 15) is 4.79 Å². The van der Waals surface area contributed by atoms with E-state index in [4.69, 9.17) is 4.74 Å². The van der Waals surface area contributed by atoms with E-state index in [1.165, 1.54) is 0 Å². The minimum Gasteiger partial charge on any atom is -0.480 e. The number of ether oxygens (including phenoxy) is 1. The van der Waals surface area contributed by atoms with Gasteiger partial charge in [0.15, 0.2) is 6.10 Å². The molecule has 1 aliphatic heterocycles. The van der Waals surface area contributed by atoms with Crippen LogP contribution in [0.1, 0.15) is 17.0 Å². The fourth-order valence-electron chi connectivity index (χ4n) is 2.49. The molecule has 0 saturated heterocycles. The Hall–Kier alpha value is -2.30. The van der Waals surface area contributed by atoms with Crippen molar-refractivity contribution in [3.8, 4) is 5.75 Å². The van der Waals surface area contributed by atoms with Gasteiger partial charge in [0.05, 0.1) is 17.1 Å². The second-order valence-corrected chi connectivity index (χ2v) is 5.08. The van der Waals surface area contributed by atoms with Crippen molar-refractivity contribution >= 4 is 11.6 Å². The molecular formula is C15H17N3O2. The van der Waals surface area contributed by atoms with E-state index < -0.39 is 6.10 Å². The van der Waals surface area contributed by atoms with Crippen LogP contribution in [0.25, 0.3) is 0 Å². The van der Waals surface area contributed by atoms with Gasteiger partial charge in [0, 0.05) is 13.5 Å². The van der Waals surface area contributed by atoms with E-state index in [1.807, 2.05) is 45.2 Å². The molecule has 0 radical (unpaired) electrons. The summed E-state index contributed by atoms with van der Waals surface area (Å²) in [6, 6.07) is 7.75. The van der Waals surface area contributed by atoms with Crippen LogP contribution in [0, 0.1) is 13.8 Å². The maximum atomic E-state index is 12.3. The molecular weight excluding hydrogens is 254 g/mol. The summed E-state index contributed by atoms with van der Waals surface area (Å²) >= 11 is 0. The van der Waals surface area contributed by atoms with E-state index in [0.29, 0.717) is 6.42 Å². The fraction of sp³-hybridized carbons (Fsp3) is 0.333. The highest BCUT2D eigenvalue weighted by Crippen LogP contribution is 2.29. The zero-order valence-electron chi connectivity index (χ0n) is 11.8. The van der Waals surface area contributed by atoms with Crippen LogP contribution in [0.3, 0.4) is 0 Å². The average Bonchev–Trinajstić information content (AvgIpc) is 2.95. The van der Waals surface area contributed by atoms with Gasteiger partial charge in [0.25, 0.3) is 5.91 Å². The number of nitrogens with one attached hydrogen (secondary N) is 1. The van der Waals surface area contributed by atoms with Crippen molar-refractivity contribution in [1.29, 1.82) is 0 Å². The minimum absolute atomic E-state index is 0.125. The third kappa shape index (κ3) is 2.05.